The van der Waals surface area contributed by atoms with Gasteiger partial charge in [-0.1, -0.05) is 43.3 Å². The maximum atomic E-state index is 12.7. The van der Waals surface area contributed by atoms with Crippen molar-refractivity contribution in [1.82, 2.24) is 10.2 Å². The number of nitrogens with one attached hydrogen (secondary N) is 1. The van der Waals surface area contributed by atoms with Gasteiger partial charge in [-0.3, -0.25) is 14.5 Å². The SMILES string of the molecule is CC(NC(=O)C(C)N1C[C@@H](C)[C@H](C(=O)O)C1)c1ccc2ccccc2c1. The van der Waals surface area contributed by atoms with Crippen LogP contribution in [0.2, 0.25) is 0 Å². The van der Waals surface area contributed by atoms with E-state index < -0.39 is 11.9 Å². The Balaban J connectivity index is 1.65. The van der Waals surface area contributed by atoms with Gasteiger partial charge in [-0.15, -0.1) is 0 Å². The van der Waals surface area contributed by atoms with E-state index in [1.807, 2.05) is 43.9 Å². The lowest BCUT2D eigenvalue weighted by molar-refractivity contribution is -0.142. The van der Waals surface area contributed by atoms with Crippen molar-refractivity contribution in [1.29, 1.82) is 0 Å². The Kier molecular flexibility index (Phi) is 5.28. The van der Waals surface area contributed by atoms with Crippen LogP contribution in [0.15, 0.2) is 42.5 Å². The molecule has 5 nitrogen and oxygen atoms in total. The van der Waals surface area contributed by atoms with Gasteiger partial charge in [0.25, 0.3) is 0 Å². The summed E-state index contributed by atoms with van der Waals surface area (Å²) in [5.41, 5.74) is 1.06. The minimum Gasteiger partial charge on any atom is -0.481 e. The molecule has 0 spiro atoms. The predicted molar refractivity (Wildman–Crippen MR) is 102 cm³/mol. The summed E-state index contributed by atoms with van der Waals surface area (Å²) in [5.74, 6) is -1.19. The minimum absolute atomic E-state index is 0.0562. The lowest BCUT2D eigenvalue weighted by atomic mass is 9.99. The molecular formula is C21H26N2O3. The van der Waals surface area contributed by atoms with Crippen LogP contribution in [0.25, 0.3) is 10.8 Å². The zero-order valence-electron chi connectivity index (χ0n) is 15.5. The molecule has 0 aromatic heterocycles. The molecule has 1 heterocycles. The van der Waals surface area contributed by atoms with Crippen LogP contribution in [0, 0.1) is 11.8 Å². The Labute approximate surface area is 154 Å². The van der Waals surface area contributed by atoms with Crippen molar-refractivity contribution in [2.75, 3.05) is 13.1 Å². The lowest BCUT2D eigenvalue weighted by Gasteiger charge is -2.25. The van der Waals surface area contributed by atoms with E-state index >= 15 is 0 Å². The Morgan fingerprint density at radius 2 is 1.81 bits per heavy atom. The number of carboxylic acid groups (broad SMARTS) is 1. The summed E-state index contributed by atoms with van der Waals surface area (Å²) in [7, 11) is 0. The molecule has 1 amide bonds. The summed E-state index contributed by atoms with van der Waals surface area (Å²) in [6.45, 7) is 6.81. The number of fused-ring (bicyclic) bond motifs is 1. The second-order valence-corrected chi connectivity index (χ2v) is 7.39. The molecule has 2 aromatic rings. The number of aliphatic carboxylic acids is 1. The van der Waals surface area contributed by atoms with Gasteiger partial charge in [0.15, 0.2) is 0 Å². The molecule has 0 radical (unpaired) electrons. The number of likely N-dealkylation sites (tertiary alicyclic amines) is 1. The van der Waals surface area contributed by atoms with Gasteiger partial charge >= 0.3 is 5.97 Å². The van der Waals surface area contributed by atoms with Gasteiger partial charge in [0.05, 0.1) is 18.0 Å². The Bertz CT molecular complexity index is 820. The van der Waals surface area contributed by atoms with Crippen LogP contribution in [0.3, 0.4) is 0 Å². The third-order valence-corrected chi connectivity index (χ3v) is 5.52. The van der Waals surface area contributed by atoms with Crippen molar-refractivity contribution in [2.45, 2.75) is 32.9 Å². The fourth-order valence-electron chi connectivity index (χ4n) is 3.70. The van der Waals surface area contributed by atoms with Crippen LogP contribution in [0.5, 0.6) is 0 Å². The number of nitrogens with zero attached hydrogens (tertiary/aromatic N) is 1. The van der Waals surface area contributed by atoms with Crippen molar-refractivity contribution >= 4 is 22.6 Å². The van der Waals surface area contributed by atoms with E-state index in [4.69, 9.17) is 0 Å². The molecule has 1 saturated heterocycles. The van der Waals surface area contributed by atoms with Crippen LogP contribution >= 0.6 is 0 Å². The first-order valence-corrected chi connectivity index (χ1v) is 9.12. The van der Waals surface area contributed by atoms with Crippen molar-refractivity contribution in [3.05, 3.63) is 48.0 Å². The molecule has 1 aliphatic rings. The number of carboxylic acids is 1. The summed E-state index contributed by atoms with van der Waals surface area (Å²) >= 11 is 0. The predicted octanol–water partition coefficient (Wildman–Crippen LogP) is 3.06. The first kappa shape index (κ1) is 18.4. The number of amides is 1. The molecule has 138 valence electrons. The average molecular weight is 354 g/mol. The highest BCUT2D eigenvalue weighted by Gasteiger charge is 2.38. The van der Waals surface area contributed by atoms with E-state index in [9.17, 15) is 14.7 Å². The van der Waals surface area contributed by atoms with Crippen LogP contribution in [-0.4, -0.2) is 41.0 Å². The molecule has 1 aliphatic heterocycles. The molecular weight excluding hydrogens is 328 g/mol. The van der Waals surface area contributed by atoms with E-state index in [0.29, 0.717) is 13.1 Å². The lowest BCUT2D eigenvalue weighted by Crippen LogP contribution is -2.45. The second kappa shape index (κ2) is 7.46. The monoisotopic (exact) mass is 354 g/mol. The van der Waals surface area contributed by atoms with E-state index in [-0.39, 0.29) is 23.9 Å². The van der Waals surface area contributed by atoms with E-state index in [1.165, 1.54) is 5.39 Å². The van der Waals surface area contributed by atoms with Gasteiger partial charge < -0.3 is 10.4 Å². The van der Waals surface area contributed by atoms with Crippen LogP contribution < -0.4 is 5.32 Å². The highest BCUT2D eigenvalue weighted by Crippen LogP contribution is 2.25. The molecule has 2 aromatic carbocycles. The van der Waals surface area contributed by atoms with Gasteiger partial charge in [0.1, 0.15) is 0 Å². The van der Waals surface area contributed by atoms with Crippen LogP contribution in [0.1, 0.15) is 32.4 Å². The fourth-order valence-corrected chi connectivity index (χ4v) is 3.70. The Morgan fingerprint density at radius 3 is 2.46 bits per heavy atom. The van der Waals surface area contributed by atoms with Gasteiger partial charge in [0, 0.05) is 13.1 Å². The topological polar surface area (TPSA) is 69.6 Å². The summed E-state index contributed by atoms with van der Waals surface area (Å²) < 4.78 is 0. The van der Waals surface area contributed by atoms with Gasteiger partial charge in [-0.2, -0.15) is 0 Å². The molecule has 26 heavy (non-hydrogen) atoms. The maximum Gasteiger partial charge on any atom is 0.308 e. The van der Waals surface area contributed by atoms with Crippen molar-refractivity contribution in [2.24, 2.45) is 11.8 Å². The van der Waals surface area contributed by atoms with Crippen molar-refractivity contribution in [3.8, 4) is 0 Å². The standard InChI is InChI=1S/C21H26N2O3/c1-13-11-23(12-19(13)21(25)26)15(3)20(24)22-14(2)17-9-8-16-6-4-5-7-18(16)10-17/h4-10,13-15,19H,11-12H2,1-3H3,(H,22,24)(H,25,26)/t13-,14?,15?,19-/m1/s1. The number of benzene rings is 2. The van der Waals surface area contributed by atoms with Gasteiger partial charge in [-0.25, -0.2) is 0 Å². The van der Waals surface area contributed by atoms with Crippen molar-refractivity contribution < 1.29 is 14.7 Å². The Hall–Kier alpha value is -2.40. The average Bonchev–Trinajstić information content (AvgIpc) is 3.02. The number of hydrogen-bond acceptors (Lipinski definition) is 3. The maximum absolute atomic E-state index is 12.7. The molecule has 1 fully saturated rings. The normalized spacial score (nSPS) is 22.9. The molecule has 5 heteroatoms. The third kappa shape index (κ3) is 3.73. The Morgan fingerprint density at radius 1 is 1.12 bits per heavy atom. The highest BCUT2D eigenvalue weighted by atomic mass is 16.4. The van der Waals surface area contributed by atoms with Gasteiger partial charge in [0.2, 0.25) is 5.91 Å². The zero-order valence-corrected chi connectivity index (χ0v) is 15.5. The molecule has 2 N–H and O–H groups in total. The molecule has 0 aliphatic carbocycles. The highest BCUT2D eigenvalue weighted by molar-refractivity contribution is 5.84. The summed E-state index contributed by atoms with van der Waals surface area (Å²) in [5, 5.41) is 14.7. The first-order valence-electron chi connectivity index (χ1n) is 9.12. The number of rotatable bonds is 5. The molecule has 4 atom stereocenters. The smallest absolute Gasteiger partial charge is 0.308 e. The first-order chi connectivity index (χ1) is 12.4. The van der Waals surface area contributed by atoms with Gasteiger partial charge in [-0.05, 0) is 42.2 Å². The summed E-state index contributed by atoms with van der Waals surface area (Å²) in [4.78, 5) is 25.9. The third-order valence-electron chi connectivity index (χ3n) is 5.52. The van der Waals surface area contributed by atoms with E-state index in [2.05, 4.69) is 29.6 Å². The number of carbonyl (C=O) groups excluding carboxylic acids is 1. The fraction of sp³-hybridized carbons (Fsp3) is 0.429. The quantitative estimate of drug-likeness (QED) is 0.866. The number of carbonyl (C=O) groups is 2. The van der Waals surface area contributed by atoms with Crippen LogP contribution in [0.4, 0.5) is 0 Å². The molecule has 3 rings (SSSR count). The second-order valence-electron chi connectivity index (χ2n) is 7.39. The van der Waals surface area contributed by atoms with E-state index in [1.54, 1.807) is 0 Å². The molecule has 0 saturated carbocycles. The minimum atomic E-state index is -0.780. The summed E-state index contributed by atoms with van der Waals surface area (Å²) in [6.07, 6.45) is 0. The van der Waals surface area contributed by atoms with Crippen LogP contribution in [-0.2, 0) is 9.59 Å². The summed E-state index contributed by atoms with van der Waals surface area (Å²) in [6, 6.07) is 13.9. The number of hydrogen-bond donors (Lipinski definition) is 2. The van der Waals surface area contributed by atoms with Crippen molar-refractivity contribution in [3.63, 3.8) is 0 Å². The molecule has 2 unspecified atom stereocenters. The zero-order chi connectivity index (χ0) is 18.8. The largest absolute Gasteiger partial charge is 0.481 e. The van der Waals surface area contributed by atoms with E-state index in [0.717, 1.165) is 10.9 Å². The molecule has 0 bridgehead atoms.